The molecule has 9 nitrogen and oxygen atoms in total. The van der Waals surface area contributed by atoms with Crippen LogP contribution in [-0.2, 0) is 23.9 Å². The monoisotopic (exact) mass is 659 g/mol. The number of esters is 1. The van der Waals surface area contributed by atoms with Gasteiger partial charge in [0.25, 0.3) is 5.91 Å². The van der Waals surface area contributed by atoms with Crippen LogP contribution in [0.3, 0.4) is 0 Å². The molecule has 43 heavy (non-hydrogen) atoms. The third-order valence-corrected chi connectivity index (χ3v) is 10.1. The number of carbonyl (C=O) groups excluding carboxylic acids is 3. The second-order valence-corrected chi connectivity index (χ2v) is 12.7. The summed E-state index contributed by atoms with van der Waals surface area (Å²) in [6.45, 7) is 15.5. The maximum absolute atomic E-state index is 14.7. The molecule has 3 heterocycles. The van der Waals surface area contributed by atoms with E-state index in [4.69, 9.17) is 9.47 Å². The predicted octanol–water partition coefficient (Wildman–Crippen LogP) is 4.47. The number of amides is 2. The maximum Gasteiger partial charge on any atom is 0.312 e. The number of nitrogens with zero attached hydrogens (tertiary/aromatic N) is 3. The third-order valence-electron chi connectivity index (χ3n) is 9.22. The molecular weight excluding hydrogens is 614 g/mol. The third kappa shape index (κ3) is 6.02. The molecule has 1 spiro atoms. The number of ether oxygens (including phenoxy) is 2. The Morgan fingerprint density at radius 1 is 1.16 bits per heavy atom. The van der Waals surface area contributed by atoms with E-state index in [1.807, 2.05) is 37.3 Å². The van der Waals surface area contributed by atoms with Crippen molar-refractivity contribution in [2.24, 2.45) is 11.8 Å². The van der Waals surface area contributed by atoms with Crippen LogP contribution in [0, 0.1) is 11.8 Å². The quantitative estimate of drug-likeness (QED) is 0.121. The number of halogens is 1. The number of aliphatic hydroxyl groups is 1. The molecule has 4 rings (SSSR count). The zero-order valence-corrected chi connectivity index (χ0v) is 27.2. The molecule has 3 aliphatic heterocycles. The smallest absolute Gasteiger partial charge is 0.312 e. The van der Waals surface area contributed by atoms with Crippen LogP contribution >= 0.6 is 15.9 Å². The average Bonchev–Trinajstić information content (AvgIpc) is 3.60. The summed E-state index contributed by atoms with van der Waals surface area (Å²) in [7, 11) is 0. The van der Waals surface area contributed by atoms with Crippen LogP contribution in [-0.4, -0.2) is 89.3 Å². The van der Waals surface area contributed by atoms with Gasteiger partial charge in [-0.2, -0.15) is 0 Å². The van der Waals surface area contributed by atoms with Crippen LogP contribution in [0.15, 0.2) is 49.6 Å². The summed E-state index contributed by atoms with van der Waals surface area (Å²) in [5.41, 5.74) is 0.486. The Hall–Kier alpha value is -2.69. The highest BCUT2D eigenvalue weighted by Gasteiger charge is 2.77. The van der Waals surface area contributed by atoms with Gasteiger partial charge in [-0.3, -0.25) is 14.4 Å². The first kappa shape index (κ1) is 33.2. The number of unbranched alkanes of at least 4 members (excludes halogenated alkanes) is 2. The summed E-state index contributed by atoms with van der Waals surface area (Å²) in [5.74, 6) is -2.87. The lowest BCUT2D eigenvalue weighted by atomic mass is 9.70. The molecule has 0 radical (unpaired) electrons. The number of hydrogen-bond acceptors (Lipinski definition) is 7. The van der Waals surface area contributed by atoms with Gasteiger partial charge in [0.1, 0.15) is 11.6 Å². The van der Waals surface area contributed by atoms with Crippen molar-refractivity contribution in [3.63, 3.8) is 0 Å². The Kier molecular flexibility index (Phi) is 11.1. The Morgan fingerprint density at radius 3 is 2.42 bits per heavy atom. The number of carbonyl (C=O) groups is 3. The van der Waals surface area contributed by atoms with Gasteiger partial charge in [-0.05, 0) is 70.2 Å². The van der Waals surface area contributed by atoms with Crippen LogP contribution < -0.4 is 9.80 Å². The minimum absolute atomic E-state index is 0.218. The molecule has 10 heteroatoms. The fourth-order valence-corrected chi connectivity index (χ4v) is 8.06. The number of rotatable bonds is 16. The zero-order valence-electron chi connectivity index (χ0n) is 25.6. The normalized spacial score (nSPS) is 28.0. The van der Waals surface area contributed by atoms with Gasteiger partial charge in [0, 0.05) is 35.8 Å². The van der Waals surface area contributed by atoms with Crippen LogP contribution in [0.1, 0.15) is 52.9 Å². The lowest BCUT2D eigenvalue weighted by Gasteiger charge is -2.39. The van der Waals surface area contributed by atoms with E-state index in [-0.39, 0.29) is 36.4 Å². The SMILES string of the molecule is C=CCCCCOC(=O)[C@H]1[C@@H]2OC3(CC2Br)C(C(=O)N(CC=C)c2ccc(N(CC)CC)cc2)N([C@@H](CC)CO)C(=O)[C@H]13. The van der Waals surface area contributed by atoms with Crippen molar-refractivity contribution < 1.29 is 29.0 Å². The van der Waals surface area contributed by atoms with Gasteiger partial charge < -0.3 is 29.3 Å². The van der Waals surface area contributed by atoms with Gasteiger partial charge >= 0.3 is 5.97 Å². The minimum atomic E-state index is -1.23. The van der Waals surface area contributed by atoms with Gasteiger partial charge in [0.05, 0.1) is 37.2 Å². The fraction of sp³-hybridized carbons (Fsp3) is 0.606. The highest BCUT2D eigenvalue weighted by molar-refractivity contribution is 9.09. The number of likely N-dealkylation sites (tertiary alicyclic amines) is 1. The lowest BCUT2D eigenvalue weighted by molar-refractivity contribution is -0.155. The molecule has 0 aliphatic carbocycles. The van der Waals surface area contributed by atoms with E-state index < -0.39 is 41.6 Å². The van der Waals surface area contributed by atoms with E-state index in [0.29, 0.717) is 24.9 Å². The molecule has 1 aromatic carbocycles. The summed E-state index contributed by atoms with van der Waals surface area (Å²) >= 11 is 3.70. The molecule has 3 fully saturated rings. The summed E-state index contributed by atoms with van der Waals surface area (Å²) in [6.07, 6.45) is 6.08. The van der Waals surface area contributed by atoms with Crippen LogP contribution in [0.2, 0.25) is 0 Å². The predicted molar refractivity (Wildman–Crippen MR) is 171 cm³/mol. The Bertz CT molecular complexity index is 1170. The van der Waals surface area contributed by atoms with Crippen LogP contribution in [0.25, 0.3) is 0 Å². The number of allylic oxidation sites excluding steroid dienone is 1. The number of benzene rings is 1. The van der Waals surface area contributed by atoms with Crippen molar-refractivity contribution in [2.45, 2.75) is 81.5 Å². The molecule has 2 amide bonds. The molecule has 1 N–H and O–H groups in total. The van der Waals surface area contributed by atoms with E-state index in [9.17, 15) is 19.5 Å². The standard InChI is InChI=1S/C33H46BrN3O6/c1-6-11-12-13-19-42-32(41)26-27-30(39)37(22(8-3)21-38)29(33(27)20-25(34)28(26)43-33)31(40)36(18-7-2)24-16-14-23(15-17-24)35(9-4)10-5/h6-7,14-17,22,25-29,38H,1-2,8-13,18-21H2,3-5H3/t22-,25?,26+,27-,28+,29?,33?/m0/s1. The second-order valence-electron chi connectivity index (χ2n) is 11.5. The van der Waals surface area contributed by atoms with Crippen molar-refractivity contribution >= 4 is 45.1 Å². The molecule has 0 aromatic heterocycles. The number of fused-ring (bicyclic) bond motifs is 1. The van der Waals surface area contributed by atoms with E-state index in [0.717, 1.165) is 31.6 Å². The summed E-state index contributed by atoms with van der Waals surface area (Å²) in [4.78, 5) is 47.6. The highest BCUT2D eigenvalue weighted by Crippen LogP contribution is 2.61. The van der Waals surface area contributed by atoms with Crippen molar-refractivity contribution in [3.05, 3.63) is 49.6 Å². The molecule has 7 atom stereocenters. The first-order valence-corrected chi connectivity index (χ1v) is 16.5. The van der Waals surface area contributed by atoms with E-state index >= 15 is 0 Å². The molecule has 2 bridgehead atoms. The number of alkyl halides is 1. The van der Waals surface area contributed by atoms with Gasteiger partial charge in [-0.15, -0.1) is 13.2 Å². The average molecular weight is 661 g/mol. The minimum Gasteiger partial charge on any atom is -0.465 e. The maximum atomic E-state index is 14.7. The summed E-state index contributed by atoms with van der Waals surface area (Å²) in [6, 6.07) is 6.15. The van der Waals surface area contributed by atoms with Crippen LogP contribution in [0.5, 0.6) is 0 Å². The van der Waals surface area contributed by atoms with Crippen molar-refractivity contribution in [1.82, 2.24) is 4.90 Å². The summed E-state index contributed by atoms with van der Waals surface area (Å²) in [5, 5.41) is 10.3. The van der Waals surface area contributed by atoms with Gasteiger partial charge in [-0.25, -0.2) is 0 Å². The molecule has 3 aliphatic rings. The lowest BCUT2D eigenvalue weighted by Crippen LogP contribution is -2.59. The highest BCUT2D eigenvalue weighted by atomic mass is 79.9. The van der Waals surface area contributed by atoms with Crippen molar-refractivity contribution in [1.29, 1.82) is 0 Å². The van der Waals surface area contributed by atoms with Gasteiger partial charge in [0.2, 0.25) is 5.91 Å². The molecular formula is C33H46BrN3O6. The first-order chi connectivity index (χ1) is 20.7. The number of hydrogen-bond donors (Lipinski definition) is 1. The molecule has 3 saturated heterocycles. The summed E-state index contributed by atoms with van der Waals surface area (Å²) < 4.78 is 12.3. The molecule has 236 valence electrons. The fourth-order valence-electron chi connectivity index (χ4n) is 7.11. The second kappa shape index (κ2) is 14.4. The van der Waals surface area contributed by atoms with E-state index in [2.05, 4.69) is 47.8 Å². The number of anilines is 2. The molecule has 3 unspecified atom stereocenters. The van der Waals surface area contributed by atoms with Crippen molar-refractivity contribution in [2.75, 3.05) is 42.6 Å². The van der Waals surface area contributed by atoms with E-state index in [1.165, 1.54) is 4.90 Å². The number of aliphatic hydroxyl groups excluding tert-OH is 1. The topological polar surface area (TPSA) is 99.6 Å². The largest absolute Gasteiger partial charge is 0.465 e. The van der Waals surface area contributed by atoms with Crippen LogP contribution in [0.4, 0.5) is 11.4 Å². The first-order valence-electron chi connectivity index (χ1n) is 15.5. The van der Waals surface area contributed by atoms with Crippen molar-refractivity contribution in [3.8, 4) is 0 Å². The van der Waals surface area contributed by atoms with Gasteiger partial charge in [-0.1, -0.05) is 35.0 Å². The molecule has 1 aromatic rings. The zero-order chi connectivity index (χ0) is 31.3. The van der Waals surface area contributed by atoms with E-state index in [1.54, 1.807) is 11.0 Å². The Labute approximate surface area is 264 Å². The molecule has 0 saturated carbocycles. The van der Waals surface area contributed by atoms with Gasteiger partial charge in [0.15, 0.2) is 0 Å². The Balaban J connectivity index is 1.71. The Morgan fingerprint density at radius 2 is 1.84 bits per heavy atom.